The van der Waals surface area contributed by atoms with Gasteiger partial charge in [-0.1, -0.05) is 30.3 Å². The smallest absolute Gasteiger partial charge is 0.255 e. The van der Waals surface area contributed by atoms with E-state index in [4.69, 9.17) is 4.74 Å². The molecule has 26 heavy (non-hydrogen) atoms. The molecule has 5 nitrogen and oxygen atoms in total. The standard InChI is InChI=1S/C21H25N3O2/c25-21(18-8-10-22-23-13-18)24-11-9-20(26-15-17-6-7-17)19(14-24)12-16-4-2-1-3-5-16/h1-5,8,10,13,17,19-20H,6-7,9,11-12,14-15H2/t19-,20-/m0/s1. The van der Waals surface area contributed by atoms with Crippen molar-refractivity contribution in [2.75, 3.05) is 19.7 Å². The molecule has 2 heterocycles. The Balaban J connectivity index is 1.45. The molecule has 0 bridgehead atoms. The number of hydrogen-bond donors (Lipinski definition) is 0. The summed E-state index contributed by atoms with van der Waals surface area (Å²) in [6.07, 6.45) is 7.79. The minimum atomic E-state index is 0.0404. The third kappa shape index (κ3) is 4.28. The summed E-state index contributed by atoms with van der Waals surface area (Å²) in [4.78, 5) is 14.7. The van der Waals surface area contributed by atoms with Crippen molar-refractivity contribution in [1.29, 1.82) is 0 Å². The molecule has 1 amide bonds. The van der Waals surface area contributed by atoms with E-state index >= 15 is 0 Å². The van der Waals surface area contributed by atoms with Crippen LogP contribution < -0.4 is 0 Å². The van der Waals surface area contributed by atoms with E-state index < -0.39 is 0 Å². The normalized spacial score (nSPS) is 23.0. The van der Waals surface area contributed by atoms with Crippen LogP contribution in [0.2, 0.25) is 0 Å². The van der Waals surface area contributed by atoms with Crippen LogP contribution in [-0.4, -0.2) is 46.8 Å². The lowest BCUT2D eigenvalue weighted by atomic mass is 9.88. The maximum Gasteiger partial charge on any atom is 0.255 e. The quantitative estimate of drug-likeness (QED) is 0.803. The van der Waals surface area contributed by atoms with Crippen LogP contribution in [0.1, 0.15) is 35.2 Å². The van der Waals surface area contributed by atoms with Gasteiger partial charge in [0, 0.05) is 25.6 Å². The molecule has 1 aromatic heterocycles. The highest BCUT2D eigenvalue weighted by molar-refractivity contribution is 5.93. The van der Waals surface area contributed by atoms with Gasteiger partial charge in [-0.2, -0.15) is 10.2 Å². The third-order valence-electron chi connectivity index (χ3n) is 5.37. The van der Waals surface area contributed by atoms with Gasteiger partial charge >= 0.3 is 0 Å². The molecular weight excluding hydrogens is 326 g/mol. The zero-order valence-corrected chi connectivity index (χ0v) is 15.0. The number of piperidine rings is 1. The summed E-state index contributed by atoms with van der Waals surface area (Å²) >= 11 is 0. The number of ether oxygens (including phenoxy) is 1. The van der Waals surface area contributed by atoms with Crippen molar-refractivity contribution in [3.63, 3.8) is 0 Å². The van der Waals surface area contributed by atoms with Gasteiger partial charge in [0.2, 0.25) is 0 Å². The zero-order chi connectivity index (χ0) is 17.8. The Hall–Kier alpha value is -2.27. The van der Waals surface area contributed by atoms with Crippen LogP contribution in [0.4, 0.5) is 0 Å². The molecule has 1 aliphatic heterocycles. The van der Waals surface area contributed by atoms with Crippen molar-refractivity contribution >= 4 is 5.91 Å². The average Bonchev–Trinajstić information content (AvgIpc) is 3.52. The van der Waals surface area contributed by atoms with E-state index in [0.717, 1.165) is 38.5 Å². The van der Waals surface area contributed by atoms with Crippen molar-refractivity contribution in [3.05, 3.63) is 59.9 Å². The van der Waals surface area contributed by atoms with Gasteiger partial charge in [-0.3, -0.25) is 4.79 Å². The number of benzene rings is 1. The number of rotatable bonds is 6. The number of amides is 1. The summed E-state index contributed by atoms with van der Waals surface area (Å²) in [5, 5.41) is 7.60. The minimum Gasteiger partial charge on any atom is -0.377 e. The van der Waals surface area contributed by atoms with E-state index in [9.17, 15) is 4.79 Å². The summed E-state index contributed by atoms with van der Waals surface area (Å²) < 4.78 is 6.27. The Labute approximate surface area is 154 Å². The molecule has 1 aromatic carbocycles. The molecule has 1 saturated heterocycles. The lowest BCUT2D eigenvalue weighted by Gasteiger charge is -2.38. The van der Waals surface area contributed by atoms with Gasteiger partial charge in [-0.25, -0.2) is 0 Å². The molecule has 0 unspecified atom stereocenters. The second-order valence-corrected chi connectivity index (χ2v) is 7.44. The zero-order valence-electron chi connectivity index (χ0n) is 15.0. The predicted octanol–water partition coefficient (Wildman–Crippen LogP) is 2.98. The molecule has 4 rings (SSSR count). The highest BCUT2D eigenvalue weighted by Crippen LogP contribution is 2.32. The first-order valence-electron chi connectivity index (χ1n) is 9.51. The van der Waals surface area contributed by atoms with Gasteiger partial charge in [0.15, 0.2) is 0 Å². The van der Waals surface area contributed by atoms with Crippen LogP contribution in [0.3, 0.4) is 0 Å². The molecule has 1 saturated carbocycles. The highest BCUT2D eigenvalue weighted by atomic mass is 16.5. The Bertz CT molecular complexity index is 719. The van der Waals surface area contributed by atoms with E-state index in [0.29, 0.717) is 11.5 Å². The molecule has 0 spiro atoms. The van der Waals surface area contributed by atoms with Crippen molar-refractivity contribution in [2.24, 2.45) is 11.8 Å². The predicted molar refractivity (Wildman–Crippen MR) is 98.7 cm³/mol. The number of aromatic nitrogens is 2. The Morgan fingerprint density at radius 1 is 1.12 bits per heavy atom. The molecule has 2 aromatic rings. The maximum atomic E-state index is 12.8. The fraction of sp³-hybridized carbons (Fsp3) is 0.476. The van der Waals surface area contributed by atoms with E-state index in [1.807, 2.05) is 11.0 Å². The Kier molecular flexibility index (Phi) is 5.25. The monoisotopic (exact) mass is 351 g/mol. The van der Waals surface area contributed by atoms with Crippen LogP contribution >= 0.6 is 0 Å². The summed E-state index contributed by atoms with van der Waals surface area (Å²) in [6, 6.07) is 12.2. The van der Waals surface area contributed by atoms with Crippen LogP contribution in [0.15, 0.2) is 48.8 Å². The topological polar surface area (TPSA) is 55.3 Å². The fourth-order valence-corrected chi connectivity index (χ4v) is 3.67. The number of hydrogen-bond acceptors (Lipinski definition) is 4. The van der Waals surface area contributed by atoms with Gasteiger partial charge in [0.05, 0.1) is 24.1 Å². The molecule has 5 heteroatoms. The highest BCUT2D eigenvalue weighted by Gasteiger charge is 2.34. The second kappa shape index (κ2) is 7.96. The fourth-order valence-electron chi connectivity index (χ4n) is 3.67. The lowest BCUT2D eigenvalue weighted by molar-refractivity contribution is -0.0326. The largest absolute Gasteiger partial charge is 0.377 e. The van der Waals surface area contributed by atoms with Crippen LogP contribution in [-0.2, 0) is 11.2 Å². The van der Waals surface area contributed by atoms with E-state index in [2.05, 4.69) is 34.5 Å². The molecule has 2 atom stereocenters. The van der Waals surface area contributed by atoms with Gasteiger partial charge in [0.1, 0.15) is 0 Å². The van der Waals surface area contributed by atoms with Crippen LogP contribution in [0, 0.1) is 11.8 Å². The van der Waals surface area contributed by atoms with Crippen LogP contribution in [0.5, 0.6) is 0 Å². The lowest BCUT2D eigenvalue weighted by Crippen LogP contribution is -2.47. The van der Waals surface area contributed by atoms with Gasteiger partial charge in [-0.15, -0.1) is 0 Å². The van der Waals surface area contributed by atoms with Gasteiger partial charge in [-0.05, 0) is 43.2 Å². The maximum absolute atomic E-state index is 12.8. The molecule has 2 aliphatic rings. The molecule has 1 aliphatic carbocycles. The molecule has 0 radical (unpaired) electrons. The van der Waals surface area contributed by atoms with E-state index in [1.54, 1.807) is 18.5 Å². The van der Waals surface area contributed by atoms with Crippen LogP contribution in [0.25, 0.3) is 0 Å². The van der Waals surface area contributed by atoms with E-state index in [-0.39, 0.29) is 12.0 Å². The summed E-state index contributed by atoms with van der Waals surface area (Å²) in [5.74, 6) is 1.12. The molecule has 0 N–H and O–H groups in total. The first-order chi connectivity index (χ1) is 12.8. The number of nitrogens with zero attached hydrogens (tertiary/aromatic N) is 3. The first-order valence-corrected chi connectivity index (χ1v) is 9.51. The van der Waals surface area contributed by atoms with Crippen molar-refractivity contribution in [1.82, 2.24) is 15.1 Å². The first kappa shape index (κ1) is 17.2. The third-order valence-corrected chi connectivity index (χ3v) is 5.37. The summed E-state index contributed by atoms with van der Waals surface area (Å²) in [7, 11) is 0. The van der Waals surface area contributed by atoms with Gasteiger partial charge in [0.25, 0.3) is 5.91 Å². The Morgan fingerprint density at radius 2 is 1.96 bits per heavy atom. The second-order valence-electron chi connectivity index (χ2n) is 7.44. The molecule has 2 fully saturated rings. The summed E-state index contributed by atoms with van der Waals surface area (Å²) in [5.41, 5.74) is 1.91. The van der Waals surface area contributed by atoms with Crippen molar-refractivity contribution in [2.45, 2.75) is 31.8 Å². The SMILES string of the molecule is O=C(c1ccnnc1)N1CC[C@H](OCC2CC2)[C@@H](Cc2ccccc2)C1. The number of carbonyl (C=O) groups excluding carboxylic acids is 1. The van der Waals surface area contributed by atoms with Crippen molar-refractivity contribution in [3.8, 4) is 0 Å². The summed E-state index contributed by atoms with van der Waals surface area (Å²) in [6.45, 7) is 2.34. The Morgan fingerprint density at radius 3 is 2.69 bits per heavy atom. The number of likely N-dealkylation sites (tertiary alicyclic amines) is 1. The molecular formula is C21H25N3O2. The van der Waals surface area contributed by atoms with Gasteiger partial charge < -0.3 is 9.64 Å². The number of carbonyl (C=O) groups is 1. The molecule has 136 valence electrons. The average molecular weight is 351 g/mol. The minimum absolute atomic E-state index is 0.0404. The van der Waals surface area contributed by atoms with E-state index in [1.165, 1.54) is 18.4 Å². The van der Waals surface area contributed by atoms with Crippen molar-refractivity contribution < 1.29 is 9.53 Å².